The van der Waals surface area contributed by atoms with E-state index in [4.69, 9.17) is 4.74 Å². The molecule has 2 bridgehead atoms. The molecule has 3 fully saturated rings. The van der Waals surface area contributed by atoms with Gasteiger partial charge in [0.2, 0.25) is 0 Å². The first kappa shape index (κ1) is 14.4. The van der Waals surface area contributed by atoms with Crippen LogP contribution >= 0.6 is 0 Å². The number of alkyl halides is 4. The summed E-state index contributed by atoms with van der Waals surface area (Å²) in [5, 5.41) is 2.51. The first-order valence-electron chi connectivity index (χ1n) is 6.09. The monoisotopic (exact) mass is 283 g/mol. The van der Waals surface area contributed by atoms with E-state index in [1.54, 1.807) is 20.8 Å². The average Bonchev–Trinajstić information content (AvgIpc) is 2.04. The fraction of sp³-hybridized carbons (Fsp3) is 0.917. The molecule has 0 aromatic rings. The Bertz CT molecular complexity index is 383. The predicted molar refractivity (Wildman–Crippen MR) is 59.3 cm³/mol. The number of alkyl carbamates (subject to hydrolysis) is 1. The van der Waals surface area contributed by atoms with E-state index in [-0.39, 0.29) is 19.3 Å². The lowest BCUT2D eigenvalue weighted by Gasteiger charge is -2.71. The number of carbonyl (C=O) groups excluding carboxylic acids is 1. The smallest absolute Gasteiger partial charge is 0.408 e. The van der Waals surface area contributed by atoms with Gasteiger partial charge in [0.15, 0.2) is 0 Å². The topological polar surface area (TPSA) is 38.3 Å². The molecule has 7 heteroatoms. The van der Waals surface area contributed by atoms with Crippen molar-refractivity contribution in [3.63, 3.8) is 0 Å². The molecule has 19 heavy (non-hydrogen) atoms. The largest absolute Gasteiger partial charge is 0.444 e. The summed E-state index contributed by atoms with van der Waals surface area (Å²) < 4.78 is 56.2. The van der Waals surface area contributed by atoms with Crippen LogP contribution in [0.2, 0.25) is 0 Å². The van der Waals surface area contributed by atoms with Crippen LogP contribution in [0.3, 0.4) is 0 Å². The Morgan fingerprint density at radius 1 is 1.21 bits per heavy atom. The molecule has 3 saturated carbocycles. The second kappa shape index (κ2) is 3.76. The maximum Gasteiger partial charge on any atom is 0.408 e. The summed E-state index contributed by atoms with van der Waals surface area (Å²) in [5.74, 6) is -3.98. The van der Waals surface area contributed by atoms with Crippen LogP contribution in [0.4, 0.5) is 22.4 Å². The van der Waals surface area contributed by atoms with Crippen molar-refractivity contribution in [2.24, 2.45) is 5.41 Å². The van der Waals surface area contributed by atoms with Gasteiger partial charge in [-0.1, -0.05) is 0 Å². The van der Waals surface area contributed by atoms with Crippen molar-refractivity contribution in [1.82, 2.24) is 5.32 Å². The number of ether oxygens (including phenoxy) is 1. The second-order valence-corrected chi connectivity index (χ2v) is 6.64. The number of carbonyl (C=O) groups is 1. The Labute approximate surface area is 108 Å². The van der Waals surface area contributed by atoms with Gasteiger partial charge in [0.25, 0.3) is 0 Å². The minimum Gasteiger partial charge on any atom is -0.444 e. The highest BCUT2D eigenvalue weighted by molar-refractivity contribution is 5.70. The average molecular weight is 283 g/mol. The number of amides is 1. The molecule has 0 spiro atoms. The van der Waals surface area contributed by atoms with E-state index in [1.165, 1.54) is 0 Å². The molecule has 3 nitrogen and oxygen atoms in total. The van der Waals surface area contributed by atoms with Crippen LogP contribution in [0.25, 0.3) is 0 Å². The Kier molecular flexibility index (Phi) is 2.85. The van der Waals surface area contributed by atoms with Crippen molar-refractivity contribution < 1.29 is 27.1 Å². The normalized spacial score (nSPS) is 33.5. The van der Waals surface area contributed by atoms with Crippen molar-refractivity contribution in [3.05, 3.63) is 0 Å². The van der Waals surface area contributed by atoms with E-state index in [2.05, 4.69) is 5.32 Å². The number of halogens is 4. The molecular weight excluding hydrogens is 266 g/mol. The van der Waals surface area contributed by atoms with E-state index in [1.807, 2.05) is 0 Å². The minimum atomic E-state index is -3.98. The van der Waals surface area contributed by atoms with Crippen LogP contribution in [0, 0.1) is 5.41 Å². The molecule has 0 unspecified atom stereocenters. The zero-order valence-electron chi connectivity index (χ0n) is 11.0. The van der Waals surface area contributed by atoms with Crippen molar-refractivity contribution in [1.29, 1.82) is 0 Å². The van der Waals surface area contributed by atoms with Crippen LogP contribution in [0.15, 0.2) is 0 Å². The standard InChI is InChI=1S/C12H17F4NO2/c1-9(2,3)19-8(18)17-11-4-10(5-11,6-11)12(15,16)7(13)14/h7H,4-6H2,1-3H3,(H,17,18). The van der Waals surface area contributed by atoms with Gasteiger partial charge >= 0.3 is 18.4 Å². The van der Waals surface area contributed by atoms with E-state index in [0.717, 1.165) is 0 Å². The fourth-order valence-electron chi connectivity index (χ4n) is 3.03. The van der Waals surface area contributed by atoms with Gasteiger partial charge in [-0.3, -0.25) is 0 Å². The Morgan fingerprint density at radius 2 is 1.68 bits per heavy atom. The van der Waals surface area contributed by atoms with Gasteiger partial charge in [-0.15, -0.1) is 0 Å². The van der Waals surface area contributed by atoms with Gasteiger partial charge in [0.05, 0.1) is 0 Å². The third-order valence-electron chi connectivity index (χ3n) is 3.78. The molecular formula is C12H17F4NO2. The Morgan fingerprint density at radius 3 is 2.05 bits per heavy atom. The molecule has 0 saturated heterocycles. The summed E-state index contributed by atoms with van der Waals surface area (Å²) >= 11 is 0. The van der Waals surface area contributed by atoms with Crippen molar-refractivity contribution in [3.8, 4) is 0 Å². The molecule has 0 atom stereocenters. The highest BCUT2D eigenvalue weighted by atomic mass is 19.3. The predicted octanol–water partition coefficient (Wildman–Crippen LogP) is 3.33. The first-order chi connectivity index (χ1) is 8.42. The lowest BCUT2D eigenvalue weighted by Crippen LogP contribution is -2.80. The van der Waals surface area contributed by atoms with Gasteiger partial charge in [-0.2, -0.15) is 8.78 Å². The molecule has 0 radical (unpaired) electrons. The van der Waals surface area contributed by atoms with Gasteiger partial charge in [0, 0.05) is 11.0 Å². The zero-order valence-corrected chi connectivity index (χ0v) is 11.0. The van der Waals surface area contributed by atoms with Crippen molar-refractivity contribution >= 4 is 6.09 Å². The first-order valence-corrected chi connectivity index (χ1v) is 6.09. The third-order valence-corrected chi connectivity index (χ3v) is 3.78. The van der Waals surface area contributed by atoms with Crippen LogP contribution in [-0.4, -0.2) is 29.6 Å². The lowest BCUT2D eigenvalue weighted by molar-refractivity contribution is -0.319. The molecule has 0 heterocycles. The van der Waals surface area contributed by atoms with Crippen LogP contribution in [0.5, 0.6) is 0 Å². The summed E-state index contributed by atoms with van der Waals surface area (Å²) in [6, 6.07) is 0. The fourth-order valence-corrected chi connectivity index (χ4v) is 3.03. The molecule has 110 valence electrons. The van der Waals surface area contributed by atoms with E-state index < -0.39 is 35.0 Å². The highest BCUT2D eigenvalue weighted by Crippen LogP contribution is 2.73. The SMILES string of the molecule is CC(C)(C)OC(=O)NC12CC(C(F)(F)C(F)F)(C1)C2. The third kappa shape index (κ3) is 2.17. The van der Waals surface area contributed by atoms with Gasteiger partial charge < -0.3 is 10.1 Å². The van der Waals surface area contributed by atoms with Crippen molar-refractivity contribution in [2.45, 2.75) is 63.5 Å². The van der Waals surface area contributed by atoms with Crippen molar-refractivity contribution in [2.75, 3.05) is 0 Å². The number of hydrogen-bond acceptors (Lipinski definition) is 2. The van der Waals surface area contributed by atoms with Gasteiger partial charge in [-0.25, -0.2) is 13.6 Å². The molecule has 3 rings (SSSR count). The Balaban J connectivity index is 1.89. The molecule has 0 aromatic carbocycles. The van der Waals surface area contributed by atoms with Gasteiger partial charge in [-0.05, 0) is 40.0 Å². The summed E-state index contributed by atoms with van der Waals surface area (Å²) in [6.45, 7) is 5.04. The molecule has 3 aliphatic rings. The summed E-state index contributed by atoms with van der Waals surface area (Å²) in [4.78, 5) is 11.5. The number of nitrogens with one attached hydrogen (secondary N) is 1. The highest BCUT2D eigenvalue weighted by Gasteiger charge is 2.80. The summed E-state index contributed by atoms with van der Waals surface area (Å²) in [6.07, 6.45) is -4.70. The maximum atomic E-state index is 13.3. The van der Waals surface area contributed by atoms with Gasteiger partial charge in [0.1, 0.15) is 5.60 Å². The molecule has 3 aliphatic carbocycles. The molecule has 1 amide bonds. The molecule has 0 aromatic heterocycles. The summed E-state index contributed by atoms with van der Waals surface area (Å²) in [7, 11) is 0. The maximum absolute atomic E-state index is 13.3. The zero-order chi connectivity index (χ0) is 14.7. The van der Waals surface area contributed by atoms with E-state index in [9.17, 15) is 22.4 Å². The number of hydrogen-bond donors (Lipinski definition) is 1. The minimum absolute atomic E-state index is 0.115. The van der Waals surface area contributed by atoms with Crippen LogP contribution in [-0.2, 0) is 4.74 Å². The van der Waals surface area contributed by atoms with Crippen LogP contribution < -0.4 is 5.32 Å². The van der Waals surface area contributed by atoms with Crippen LogP contribution in [0.1, 0.15) is 40.0 Å². The van der Waals surface area contributed by atoms with E-state index >= 15 is 0 Å². The molecule has 1 N–H and O–H groups in total. The second-order valence-electron chi connectivity index (χ2n) is 6.64. The molecule has 0 aliphatic heterocycles. The lowest BCUT2D eigenvalue weighted by atomic mass is 9.37. The number of rotatable bonds is 3. The summed E-state index contributed by atoms with van der Waals surface area (Å²) in [5.41, 5.74) is -3.10. The van der Waals surface area contributed by atoms with E-state index in [0.29, 0.717) is 0 Å². The Hall–Kier alpha value is -1.01. The quantitative estimate of drug-likeness (QED) is 0.807.